The number of hydrogen-bond donors (Lipinski definition) is 0. The predicted octanol–water partition coefficient (Wildman–Crippen LogP) is 2.73. The van der Waals surface area contributed by atoms with E-state index >= 15 is 0 Å². The summed E-state index contributed by atoms with van der Waals surface area (Å²) in [5.41, 5.74) is -0.927. The minimum Gasteiger partial charge on any atom is -0.311 e. The van der Waals surface area contributed by atoms with Gasteiger partial charge >= 0.3 is 0 Å². The molecule has 0 saturated heterocycles. The molecular formula is C13H15FN2O. The van der Waals surface area contributed by atoms with E-state index in [1.54, 1.807) is 26.0 Å². The second kappa shape index (κ2) is 4.96. The second-order valence-electron chi connectivity index (χ2n) is 4.11. The Morgan fingerprint density at radius 1 is 1.53 bits per heavy atom. The smallest absolute Gasteiger partial charge is 0.246 e. The first-order valence-electron chi connectivity index (χ1n) is 5.40. The minimum absolute atomic E-state index is 0.187. The van der Waals surface area contributed by atoms with Gasteiger partial charge in [0.15, 0.2) is 0 Å². The van der Waals surface area contributed by atoms with Crippen LogP contribution in [0, 0.1) is 22.6 Å². The van der Waals surface area contributed by atoms with Crippen molar-refractivity contribution in [1.29, 1.82) is 5.26 Å². The van der Waals surface area contributed by atoms with Crippen molar-refractivity contribution in [2.24, 2.45) is 5.41 Å². The number of nitrogens with zero attached hydrogens (tertiary/aromatic N) is 2. The van der Waals surface area contributed by atoms with Crippen molar-refractivity contribution in [3.63, 3.8) is 0 Å². The van der Waals surface area contributed by atoms with Gasteiger partial charge in [-0.1, -0.05) is 19.1 Å². The third-order valence-corrected chi connectivity index (χ3v) is 2.94. The third kappa shape index (κ3) is 2.44. The molecule has 0 bridgehead atoms. The van der Waals surface area contributed by atoms with Crippen molar-refractivity contribution < 1.29 is 9.18 Å². The highest BCUT2D eigenvalue weighted by Crippen LogP contribution is 2.26. The summed E-state index contributed by atoms with van der Waals surface area (Å²) in [4.78, 5) is 13.3. The number of benzene rings is 1. The van der Waals surface area contributed by atoms with Gasteiger partial charge in [0.05, 0.1) is 11.8 Å². The van der Waals surface area contributed by atoms with E-state index in [-0.39, 0.29) is 5.69 Å². The van der Waals surface area contributed by atoms with Gasteiger partial charge in [0, 0.05) is 7.05 Å². The number of carbonyl (C=O) groups is 1. The van der Waals surface area contributed by atoms with Crippen LogP contribution in [0.3, 0.4) is 0 Å². The van der Waals surface area contributed by atoms with E-state index in [0.29, 0.717) is 6.42 Å². The Bertz CT molecular complexity index is 467. The molecule has 0 heterocycles. The first kappa shape index (κ1) is 13.2. The zero-order valence-corrected chi connectivity index (χ0v) is 10.2. The van der Waals surface area contributed by atoms with Crippen LogP contribution in [0.2, 0.25) is 0 Å². The molecule has 4 heteroatoms. The highest BCUT2D eigenvalue weighted by Gasteiger charge is 2.34. The van der Waals surface area contributed by atoms with Crippen LogP contribution in [-0.2, 0) is 4.79 Å². The summed E-state index contributed by atoms with van der Waals surface area (Å²) < 4.78 is 13.5. The molecule has 3 nitrogen and oxygen atoms in total. The maximum absolute atomic E-state index is 13.5. The Balaban J connectivity index is 3.08. The van der Waals surface area contributed by atoms with Gasteiger partial charge in [-0.3, -0.25) is 4.79 Å². The average Bonchev–Trinajstić information content (AvgIpc) is 2.36. The quantitative estimate of drug-likeness (QED) is 0.807. The number of carbonyl (C=O) groups excluding carboxylic acids is 1. The second-order valence-corrected chi connectivity index (χ2v) is 4.11. The van der Waals surface area contributed by atoms with Crippen LogP contribution < -0.4 is 4.90 Å². The lowest BCUT2D eigenvalue weighted by atomic mass is 9.88. The summed E-state index contributed by atoms with van der Waals surface area (Å²) in [6, 6.07) is 7.99. The summed E-state index contributed by atoms with van der Waals surface area (Å²) in [6.07, 6.45) is 0.390. The van der Waals surface area contributed by atoms with Gasteiger partial charge in [-0.2, -0.15) is 5.26 Å². The molecule has 1 unspecified atom stereocenters. The van der Waals surface area contributed by atoms with E-state index in [0.717, 1.165) is 0 Å². The van der Waals surface area contributed by atoms with Crippen LogP contribution in [0.25, 0.3) is 0 Å². The fraction of sp³-hybridized carbons (Fsp3) is 0.385. The van der Waals surface area contributed by atoms with Crippen LogP contribution in [0.15, 0.2) is 24.3 Å². The molecule has 0 N–H and O–H groups in total. The SMILES string of the molecule is CCC(C)(C#N)C(=O)N(C)c1ccccc1F. The predicted molar refractivity (Wildman–Crippen MR) is 63.8 cm³/mol. The number of amides is 1. The Hall–Kier alpha value is -1.89. The van der Waals surface area contributed by atoms with Crippen LogP contribution in [-0.4, -0.2) is 13.0 Å². The first-order valence-corrected chi connectivity index (χ1v) is 5.40. The normalized spacial score (nSPS) is 13.6. The maximum Gasteiger partial charge on any atom is 0.246 e. The zero-order valence-electron chi connectivity index (χ0n) is 10.2. The number of para-hydroxylation sites is 1. The minimum atomic E-state index is -1.11. The molecule has 1 atom stereocenters. The molecule has 0 fully saturated rings. The molecule has 1 aromatic carbocycles. The molecule has 0 aliphatic heterocycles. The van der Waals surface area contributed by atoms with Crippen molar-refractivity contribution in [3.8, 4) is 6.07 Å². The number of anilines is 1. The molecule has 0 saturated carbocycles. The summed E-state index contributed by atoms with van der Waals surface area (Å²) in [5, 5.41) is 9.03. The molecule has 0 aromatic heterocycles. The number of rotatable bonds is 3. The number of hydrogen-bond acceptors (Lipinski definition) is 2. The van der Waals surface area contributed by atoms with Gasteiger partial charge in [-0.25, -0.2) is 4.39 Å². The zero-order chi connectivity index (χ0) is 13.1. The fourth-order valence-electron chi connectivity index (χ4n) is 1.48. The molecular weight excluding hydrogens is 219 g/mol. The summed E-state index contributed by atoms with van der Waals surface area (Å²) in [5.74, 6) is -0.868. The molecule has 17 heavy (non-hydrogen) atoms. The molecule has 90 valence electrons. The van der Waals surface area contributed by atoms with Crippen LogP contribution >= 0.6 is 0 Å². The third-order valence-electron chi connectivity index (χ3n) is 2.94. The van der Waals surface area contributed by atoms with Crippen molar-refractivity contribution in [2.45, 2.75) is 20.3 Å². The first-order chi connectivity index (χ1) is 7.96. The van der Waals surface area contributed by atoms with Crippen molar-refractivity contribution in [2.75, 3.05) is 11.9 Å². The highest BCUT2D eigenvalue weighted by atomic mass is 19.1. The van der Waals surface area contributed by atoms with Crippen LogP contribution in [0.1, 0.15) is 20.3 Å². The van der Waals surface area contributed by atoms with E-state index < -0.39 is 17.1 Å². The van der Waals surface area contributed by atoms with Gasteiger partial charge in [-0.15, -0.1) is 0 Å². The van der Waals surface area contributed by atoms with E-state index in [4.69, 9.17) is 5.26 Å². The molecule has 1 aromatic rings. The summed E-state index contributed by atoms with van der Waals surface area (Å²) in [6.45, 7) is 3.32. The number of halogens is 1. The Kier molecular flexibility index (Phi) is 3.84. The molecule has 0 aliphatic carbocycles. The Morgan fingerprint density at radius 2 is 2.12 bits per heavy atom. The lowest BCUT2D eigenvalue weighted by Gasteiger charge is -2.26. The molecule has 1 amide bonds. The topological polar surface area (TPSA) is 44.1 Å². The van der Waals surface area contributed by atoms with E-state index in [1.165, 1.54) is 24.1 Å². The van der Waals surface area contributed by atoms with Gasteiger partial charge in [0.2, 0.25) is 5.91 Å². The van der Waals surface area contributed by atoms with E-state index in [1.807, 2.05) is 6.07 Å². The lowest BCUT2D eigenvalue weighted by molar-refractivity contribution is -0.124. The monoisotopic (exact) mass is 234 g/mol. The van der Waals surface area contributed by atoms with E-state index in [2.05, 4.69) is 0 Å². The van der Waals surface area contributed by atoms with Gasteiger partial charge in [0.25, 0.3) is 0 Å². The van der Waals surface area contributed by atoms with Gasteiger partial charge in [-0.05, 0) is 25.5 Å². The van der Waals surface area contributed by atoms with Gasteiger partial charge < -0.3 is 4.90 Å². The molecule has 1 rings (SSSR count). The summed E-state index contributed by atoms with van der Waals surface area (Å²) >= 11 is 0. The standard InChI is InChI=1S/C13H15FN2O/c1-4-13(2,9-15)12(17)16(3)11-8-6-5-7-10(11)14/h5-8H,4H2,1-3H3. The maximum atomic E-state index is 13.5. The average molecular weight is 234 g/mol. The van der Waals surface area contributed by atoms with Crippen molar-refractivity contribution >= 4 is 11.6 Å². The molecule has 0 radical (unpaired) electrons. The number of nitriles is 1. The van der Waals surface area contributed by atoms with Crippen molar-refractivity contribution in [1.82, 2.24) is 0 Å². The Morgan fingerprint density at radius 3 is 2.59 bits per heavy atom. The van der Waals surface area contributed by atoms with Crippen LogP contribution in [0.5, 0.6) is 0 Å². The summed E-state index contributed by atoms with van der Waals surface area (Å²) in [7, 11) is 1.48. The Labute approximate surface area is 100 Å². The van der Waals surface area contributed by atoms with Crippen LogP contribution in [0.4, 0.5) is 10.1 Å². The van der Waals surface area contributed by atoms with Gasteiger partial charge in [0.1, 0.15) is 11.2 Å². The van der Waals surface area contributed by atoms with Crippen molar-refractivity contribution in [3.05, 3.63) is 30.1 Å². The fourth-order valence-corrected chi connectivity index (χ4v) is 1.48. The molecule has 0 aliphatic rings. The lowest BCUT2D eigenvalue weighted by Crippen LogP contribution is -2.39. The largest absolute Gasteiger partial charge is 0.311 e. The molecule has 0 spiro atoms. The highest BCUT2D eigenvalue weighted by molar-refractivity contribution is 5.98. The van der Waals surface area contributed by atoms with E-state index in [9.17, 15) is 9.18 Å².